The summed E-state index contributed by atoms with van der Waals surface area (Å²) in [6.45, 7) is 1.18. The minimum atomic E-state index is -0.392. The minimum Gasteiger partial charge on any atom is -0.391 e. The Kier molecular flexibility index (Phi) is 5.31. The summed E-state index contributed by atoms with van der Waals surface area (Å²) in [6, 6.07) is 7.36. The number of aliphatic hydroxyl groups is 1. The molecule has 1 aromatic rings. The molecule has 0 amide bonds. The highest BCUT2D eigenvalue weighted by atomic mass is 19.1. The Labute approximate surface area is 113 Å². The van der Waals surface area contributed by atoms with Crippen LogP contribution in [0.4, 0.5) is 4.39 Å². The molecule has 0 saturated heterocycles. The Hall–Kier alpha value is -0.970. The highest BCUT2D eigenvalue weighted by Gasteiger charge is 2.29. The van der Waals surface area contributed by atoms with Crippen LogP contribution in [-0.2, 0) is 4.74 Å². The third-order valence-corrected chi connectivity index (χ3v) is 3.73. The van der Waals surface area contributed by atoms with Crippen LogP contribution in [-0.4, -0.2) is 37.5 Å². The van der Waals surface area contributed by atoms with Crippen LogP contribution < -0.4 is 5.32 Å². The van der Waals surface area contributed by atoms with Crippen LogP contribution in [0.5, 0.6) is 0 Å². The Balaban J connectivity index is 1.64. The van der Waals surface area contributed by atoms with Gasteiger partial charge in [-0.25, -0.2) is 4.39 Å². The number of hydrogen-bond acceptors (Lipinski definition) is 3. The summed E-state index contributed by atoms with van der Waals surface area (Å²) < 4.78 is 18.0. The van der Waals surface area contributed by atoms with Crippen LogP contribution >= 0.6 is 0 Å². The molecule has 1 aliphatic carbocycles. The maximum Gasteiger partial charge on any atom is 0.123 e. The van der Waals surface area contributed by atoms with Crippen molar-refractivity contribution in [2.24, 2.45) is 0 Å². The number of rotatable bonds is 7. The first-order valence-electron chi connectivity index (χ1n) is 6.85. The standard InChI is InChI=1S/C15H22FNO2/c1-19-10-15(18)5-6-17-14-8-12(9-14)11-3-2-4-13(16)7-11/h2-4,7,12,14-15,17-18H,5-6,8-10H2,1H3. The monoisotopic (exact) mass is 267 g/mol. The number of methoxy groups -OCH3 is 1. The lowest BCUT2D eigenvalue weighted by molar-refractivity contribution is 0.0582. The quantitative estimate of drug-likeness (QED) is 0.794. The van der Waals surface area contributed by atoms with Crippen LogP contribution in [0, 0.1) is 5.82 Å². The van der Waals surface area contributed by atoms with Crippen molar-refractivity contribution in [2.75, 3.05) is 20.3 Å². The van der Waals surface area contributed by atoms with Crippen molar-refractivity contribution in [1.29, 1.82) is 0 Å². The fourth-order valence-corrected chi connectivity index (χ4v) is 2.55. The topological polar surface area (TPSA) is 41.5 Å². The van der Waals surface area contributed by atoms with Crippen LogP contribution in [0.15, 0.2) is 24.3 Å². The second kappa shape index (κ2) is 6.98. The van der Waals surface area contributed by atoms with Crippen LogP contribution in [0.2, 0.25) is 0 Å². The first-order valence-corrected chi connectivity index (χ1v) is 6.85. The Morgan fingerprint density at radius 3 is 2.95 bits per heavy atom. The van der Waals surface area contributed by atoms with Crippen molar-refractivity contribution >= 4 is 0 Å². The average Bonchev–Trinajstić information content (AvgIpc) is 2.32. The number of hydrogen-bond donors (Lipinski definition) is 2. The van der Waals surface area contributed by atoms with E-state index in [1.807, 2.05) is 6.07 Å². The third kappa shape index (κ3) is 4.27. The zero-order chi connectivity index (χ0) is 13.7. The van der Waals surface area contributed by atoms with Crippen LogP contribution in [0.1, 0.15) is 30.7 Å². The van der Waals surface area contributed by atoms with Gasteiger partial charge in [-0.1, -0.05) is 12.1 Å². The lowest BCUT2D eigenvalue weighted by atomic mass is 9.76. The Morgan fingerprint density at radius 1 is 1.47 bits per heavy atom. The van der Waals surface area contributed by atoms with Crippen LogP contribution in [0.25, 0.3) is 0 Å². The second-order valence-corrected chi connectivity index (χ2v) is 5.27. The molecule has 19 heavy (non-hydrogen) atoms. The van der Waals surface area contributed by atoms with Crippen molar-refractivity contribution in [3.63, 3.8) is 0 Å². The molecule has 0 radical (unpaired) electrons. The van der Waals surface area contributed by atoms with E-state index >= 15 is 0 Å². The van der Waals surface area contributed by atoms with Gasteiger partial charge in [-0.05, 0) is 49.4 Å². The van der Waals surface area contributed by atoms with Gasteiger partial charge in [0.05, 0.1) is 12.7 Å². The lowest BCUT2D eigenvalue weighted by Crippen LogP contribution is -2.41. The van der Waals surface area contributed by atoms with E-state index in [2.05, 4.69) is 5.32 Å². The van der Waals surface area contributed by atoms with Gasteiger partial charge < -0.3 is 15.2 Å². The van der Waals surface area contributed by atoms with E-state index in [-0.39, 0.29) is 5.82 Å². The summed E-state index contributed by atoms with van der Waals surface area (Å²) in [5.41, 5.74) is 1.09. The minimum absolute atomic E-state index is 0.156. The fraction of sp³-hybridized carbons (Fsp3) is 0.600. The lowest BCUT2D eigenvalue weighted by Gasteiger charge is -2.36. The molecule has 4 heteroatoms. The summed E-state index contributed by atoms with van der Waals surface area (Å²) in [5.74, 6) is 0.314. The SMILES string of the molecule is COCC(O)CCNC1CC(c2cccc(F)c2)C1. The number of benzene rings is 1. The van der Waals surface area contributed by atoms with E-state index in [1.54, 1.807) is 19.2 Å². The molecule has 0 aromatic heterocycles. The number of halogens is 1. The number of aliphatic hydroxyl groups excluding tert-OH is 1. The zero-order valence-corrected chi connectivity index (χ0v) is 11.3. The zero-order valence-electron chi connectivity index (χ0n) is 11.3. The average molecular weight is 267 g/mol. The summed E-state index contributed by atoms with van der Waals surface area (Å²) >= 11 is 0. The summed E-state index contributed by atoms with van der Waals surface area (Å²) in [6.07, 6.45) is 2.40. The fourth-order valence-electron chi connectivity index (χ4n) is 2.55. The maximum absolute atomic E-state index is 13.1. The molecule has 0 bridgehead atoms. The summed E-state index contributed by atoms with van der Waals surface area (Å²) in [4.78, 5) is 0. The van der Waals surface area contributed by atoms with Crippen molar-refractivity contribution in [3.8, 4) is 0 Å². The van der Waals surface area contributed by atoms with E-state index in [0.717, 1.165) is 24.9 Å². The molecular formula is C15H22FNO2. The van der Waals surface area contributed by atoms with E-state index in [9.17, 15) is 9.50 Å². The van der Waals surface area contributed by atoms with Crippen molar-refractivity contribution < 1.29 is 14.2 Å². The molecule has 1 aromatic carbocycles. The predicted molar refractivity (Wildman–Crippen MR) is 72.7 cm³/mol. The van der Waals surface area contributed by atoms with Crippen molar-refractivity contribution in [1.82, 2.24) is 5.32 Å². The van der Waals surface area contributed by atoms with E-state index in [4.69, 9.17) is 4.74 Å². The first-order chi connectivity index (χ1) is 9.19. The number of nitrogens with one attached hydrogen (secondary N) is 1. The van der Waals surface area contributed by atoms with Gasteiger partial charge in [0, 0.05) is 13.2 Å². The molecule has 2 N–H and O–H groups in total. The smallest absolute Gasteiger partial charge is 0.123 e. The normalized spacial score (nSPS) is 23.9. The van der Waals surface area contributed by atoms with Gasteiger partial charge in [0.2, 0.25) is 0 Å². The van der Waals surface area contributed by atoms with E-state index < -0.39 is 6.10 Å². The van der Waals surface area contributed by atoms with Gasteiger partial charge in [-0.2, -0.15) is 0 Å². The van der Waals surface area contributed by atoms with Crippen molar-refractivity contribution in [3.05, 3.63) is 35.6 Å². The molecule has 0 aliphatic heterocycles. The van der Waals surface area contributed by atoms with Crippen LogP contribution in [0.3, 0.4) is 0 Å². The summed E-state index contributed by atoms with van der Waals surface area (Å²) in [7, 11) is 1.59. The van der Waals surface area contributed by atoms with Gasteiger partial charge in [0.25, 0.3) is 0 Å². The largest absolute Gasteiger partial charge is 0.391 e. The third-order valence-electron chi connectivity index (χ3n) is 3.73. The molecule has 1 atom stereocenters. The molecular weight excluding hydrogens is 245 g/mol. The van der Waals surface area contributed by atoms with E-state index in [1.165, 1.54) is 6.07 Å². The molecule has 1 fully saturated rings. The highest BCUT2D eigenvalue weighted by molar-refractivity contribution is 5.23. The molecule has 1 saturated carbocycles. The van der Waals surface area contributed by atoms with Gasteiger partial charge in [-0.3, -0.25) is 0 Å². The maximum atomic E-state index is 13.1. The predicted octanol–water partition coefficient (Wildman–Crippen LogP) is 2.06. The van der Waals surface area contributed by atoms with Crippen molar-refractivity contribution in [2.45, 2.75) is 37.3 Å². The second-order valence-electron chi connectivity index (χ2n) is 5.27. The molecule has 1 aliphatic rings. The Morgan fingerprint density at radius 2 is 2.26 bits per heavy atom. The highest BCUT2D eigenvalue weighted by Crippen LogP contribution is 2.36. The Bertz CT molecular complexity index is 393. The van der Waals surface area contributed by atoms with Gasteiger partial charge in [0.1, 0.15) is 5.82 Å². The molecule has 0 heterocycles. The van der Waals surface area contributed by atoms with E-state index in [0.29, 0.717) is 25.0 Å². The molecule has 3 nitrogen and oxygen atoms in total. The molecule has 0 spiro atoms. The van der Waals surface area contributed by atoms with Gasteiger partial charge in [-0.15, -0.1) is 0 Å². The molecule has 1 unspecified atom stereocenters. The summed E-state index contributed by atoms with van der Waals surface area (Å²) in [5, 5.41) is 12.9. The molecule has 2 rings (SSSR count). The number of ether oxygens (including phenoxy) is 1. The molecule has 106 valence electrons. The first kappa shape index (κ1) is 14.4. The van der Waals surface area contributed by atoms with Gasteiger partial charge >= 0.3 is 0 Å². The van der Waals surface area contributed by atoms with Gasteiger partial charge in [0.15, 0.2) is 0 Å².